The van der Waals surface area contributed by atoms with Crippen molar-refractivity contribution in [3.05, 3.63) is 0 Å². The molecule has 0 saturated carbocycles. The Labute approximate surface area is 62.2 Å². The minimum atomic E-state index is 0.462. The zero-order valence-electron chi connectivity index (χ0n) is 6.71. The van der Waals surface area contributed by atoms with Gasteiger partial charge in [0.1, 0.15) is 0 Å². The SMILES string of the molecule is CC1OCC2CCC1N2C. The highest BCUT2D eigenvalue weighted by Crippen LogP contribution is 2.30. The second-order valence-corrected chi connectivity index (χ2v) is 3.50. The molecule has 10 heavy (non-hydrogen) atoms. The molecule has 2 fully saturated rings. The van der Waals surface area contributed by atoms with E-state index in [-0.39, 0.29) is 0 Å². The second kappa shape index (κ2) is 2.21. The maximum atomic E-state index is 5.59. The number of fused-ring (bicyclic) bond motifs is 2. The van der Waals surface area contributed by atoms with E-state index < -0.39 is 0 Å². The number of likely N-dealkylation sites (N-methyl/N-ethyl adjacent to an activating group) is 1. The topological polar surface area (TPSA) is 12.5 Å². The lowest BCUT2D eigenvalue weighted by atomic mass is 10.1. The smallest absolute Gasteiger partial charge is 0.0702 e. The predicted molar refractivity (Wildman–Crippen MR) is 40.0 cm³/mol. The van der Waals surface area contributed by atoms with Gasteiger partial charge in [-0.3, -0.25) is 4.90 Å². The van der Waals surface area contributed by atoms with E-state index in [2.05, 4.69) is 18.9 Å². The molecule has 2 nitrogen and oxygen atoms in total. The van der Waals surface area contributed by atoms with Crippen LogP contribution in [0.5, 0.6) is 0 Å². The van der Waals surface area contributed by atoms with Gasteiger partial charge in [0.25, 0.3) is 0 Å². The molecule has 0 aromatic heterocycles. The van der Waals surface area contributed by atoms with Gasteiger partial charge in [0.2, 0.25) is 0 Å². The van der Waals surface area contributed by atoms with Gasteiger partial charge in [-0.1, -0.05) is 0 Å². The summed E-state index contributed by atoms with van der Waals surface area (Å²) in [4.78, 5) is 2.48. The Morgan fingerprint density at radius 2 is 2.20 bits per heavy atom. The average molecular weight is 141 g/mol. The molecule has 3 atom stereocenters. The van der Waals surface area contributed by atoms with Crippen LogP contribution in [0.15, 0.2) is 0 Å². The number of morpholine rings is 1. The molecule has 3 unspecified atom stereocenters. The highest BCUT2D eigenvalue weighted by molar-refractivity contribution is 4.92. The van der Waals surface area contributed by atoms with Crippen LogP contribution in [0.25, 0.3) is 0 Å². The predicted octanol–water partition coefficient (Wildman–Crippen LogP) is 0.868. The molecule has 2 aliphatic rings. The molecule has 0 spiro atoms. The number of hydrogen-bond donors (Lipinski definition) is 0. The first-order chi connectivity index (χ1) is 4.79. The van der Waals surface area contributed by atoms with Crippen LogP contribution >= 0.6 is 0 Å². The van der Waals surface area contributed by atoms with Crippen LogP contribution in [0.1, 0.15) is 19.8 Å². The fourth-order valence-electron chi connectivity index (χ4n) is 2.18. The second-order valence-electron chi connectivity index (χ2n) is 3.50. The molecular formula is C8H15NO. The Morgan fingerprint density at radius 3 is 2.90 bits per heavy atom. The number of ether oxygens (including phenoxy) is 1. The van der Waals surface area contributed by atoms with Gasteiger partial charge in [0.15, 0.2) is 0 Å². The molecule has 2 heterocycles. The van der Waals surface area contributed by atoms with E-state index in [9.17, 15) is 0 Å². The Hall–Kier alpha value is -0.0800. The van der Waals surface area contributed by atoms with Gasteiger partial charge in [-0.2, -0.15) is 0 Å². The van der Waals surface area contributed by atoms with E-state index >= 15 is 0 Å². The fraction of sp³-hybridized carbons (Fsp3) is 1.00. The van der Waals surface area contributed by atoms with E-state index in [0.29, 0.717) is 12.1 Å². The van der Waals surface area contributed by atoms with E-state index in [4.69, 9.17) is 4.74 Å². The van der Waals surface area contributed by atoms with Gasteiger partial charge in [0, 0.05) is 12.1 Å². The summed E-state index contributed by atoms with van der Waals surface area (Å²) in [6.45, 7) is 3.14. The molecule has 0 radical (unpaired) electrons. The summed E-state index contributed by atoms with van der Waals surface area (Å²) < 4.78 is 5.59. The fourth-order valence-corrected chi connectivity index (χ4v) is 2.18. The van der Waals surface area contributed by atoms with E-state index in [0.717, 1.165) is 12.6 Å². The van der Waals surface area contributed by atoms with E-state index in [1.165, 1.54) is 12.8 Å². The van der Waals surface area contributed by atoms with Crippen LogP contribution in [-0.2, 0) is 4.74 Å². The van der Waals surface area contributed by atoms with Gasteiger partial charge >= 0.3 is 0 Å². The molecule has 58 valence electrons. The quantitative estimate of drug-likeness (QED) is 0.496. The van der Waals surface area contributed by atoms with Crippen molar-refractivity contribution < 1.29 is 4.74 Å². The monoisotopic (exact) mass is 141 g/mol. The van der Waals surface area contributed by atoms with Crippen molar-refractivity contribution in [2.75, 3.05) is 13.7 Å². The first-order valence-corrected chi connectivity index (χ1v) is 4.12. The molecule has 0 N–H and O–H groups in total. The lowest BCUT2D eigenvalue weighted by molar-refractivity contribution is -0.0547. The Morgan fingerprint density at radius 1 is 1.40 bits per heavy atom. The Kier molecular flexibility index (Phi) is 1.46. The summed E-state index contributed by atoms with van der Waals surface area (Å²) >= 11 is 0. The van der Waals surface area contributed by atoms with Crippen molar-refractivity contribution in [3.63, 3.8) is 0 Å². The standard InChI is InChI=1S/C8H15NO/c1-6-8-4-3-7(5-10-6)9(8)2/h6-8H,3-5H2,1-2H3. The van der Waals surface area contributed by atoms with Crippen LogP contribution in [0.2, 0.25) is 0 Å². The van der Waals surface area contributed by atoms with Crippen LogP contribution in [0.3, 0.4) is 0 Å². The van der Waals surface area contributed by atoms with Crippen molar-refractivity contribution in [3.8, 4) is 0 Å². The lowest BCUT2D eigenvalue weighted by Crippen LogP contribution is -2.47. The van der Waals surface area contributed by atoms with Gasteiger partial charge in [0.05, 0.1) is 12.7 Å². The lowest BCUT2D eigenvalue weighted by Gasteiger charge is -2.35. The first kappa shape index (κ1) is 6.62. The van der Waals surface area contributed by atoms with Crippen molar-refractivity contribution >= 4 is 0 Å². The van der Waals surface area contributed by atoms with Crippen LogP contribution in [0.4, 0.5) is 0 Å². The van der Waals surface area contributed by atoms with Crippen LogP contribution in [-0.4, -0.2) is 36.7 Å². The molecule has 0 aromatic carbocycles. The normalized spacial score (nSPS) is 48.0. The molecule has 2 aliphatic heterocycles. The maximum Gasteiger partial charge on any atom is 0.0702 e. The Bertz CT molecular complexity index is 137. The van der Waals surface area contributed by atoms with Gasteiger partial charge < -0.3 is 4.74 Å². The van der Waals surface area contributed by atoms with Crippen LogP contribution < -0.4 is 0 Å². The molecular weight excluding hydrogens is 126 g/mol. The largest absolute Gasteiger partial charge is 0.375 e. The number of hydrogen-bond acceptors (Lipinski definition) is 2. The van der Waals surface area contributed by atoms with Crippen molar-refractivity contribution in [1.29, 1.82) is 0 Å². The summed E-state index contributed by atoms with van der Waals surface area (Å²) in [6.07, 6.45) is 3.14. The highest BCUT2D eigenvalue weighted by atomic mass is 16.5. The van der Waals surface area contributed by atoms with Gasteiger partial charge in [-0.25, -0.2) is 0 Å². The maximum absolute atomic E-state index is 5.59. The summed E-state index contributed by atoms with van der Waals surface area (Å²) in [7, 11) is 2.22. The van der Waals surface area contributed by atoms with Gasteiger partial charge in [-0.05, 0) is 26.8 Å². The third-order valence-corrected chi connectivity index (χ3v) is 2.99. The van der Waals surface area contributed by atoms with Crippen LogP contribution in [0, 0.1) is 0 Å². The molecule has 2 heteroatoms. The third-order valence-electron chi connectivity index (χ3n) is 2.99. The average Bonchev–Trinajstić information content (AvgIpc) is 2.13. The van der Waals surface area contributed by atoms with Crippen molar-refractivity contribution in [2.45, 2.75) is 38.0 Å². The minimum absolute atomic E-state index is 0.462. The molecule has 0 aliphatic carbocycles. The van der Waals surface area contributed by atoms with Crippen molar-refractivity contribution in [1.82, 2.24) is 4.90 Å². The zero-order chi connectivity index (χ0) is 7.14. The zero-order valence-corrected chi connectivity index (χ0v) is 6.71. The third kappa shape index (κ3) is 0.789. The summed E-state index contributed by atoms with van der Waals surface area (Å²) in [5.74, 6) is 0. The summed E-state index contributed by atoms with van der Waals surface area (Å²) in [5, 5.41) is 0. The first-order valence-electron chi connectivity index (χ1n) is 4.12. The van der Waals surface area contributed by atoms with Gasteiger partial charge in [-0.15, -0.1) is 0 Å². The molecule has 0 aromatic rings. The van der Waals surface area contributed by atoms with Crippen molar-refractivity contribution in [2.24, 2.45) is 0 Å². The highest BCUT2D eigenvalue weighted by Gasteiger charge is 2.38. The molecule has 2 saturated heterocycles. The number of rotatable bonds is 0. The minimum Gasteiger partial charge on any atom is -0.375 e. The summed E-state index contributed by atoms with van der Waals surface area (Å²) in [5.41, 5.74) is 0. The summed E-state index contributed by atoms with van der Waals surface area (Å²) in [6, 6.07) is 1.43. The molecule has 0 amide bonds. The Balaban J connectivity index is 2.13. The number of nitrogens with zero attached hydrogens (tertiary/aromatic N) is 1. The molecule has 2 rings (SSSR count). The van der Waals surface area contributed by atoms with E-state index in [1.807, 2.05) is 0 Å². The molecule has 2 bridgehead atoms. The van der Waals surface area contributed by atoms with E-state index in [1.54, 1.807) is 0 Å².